The first kappa shape index (κ1) is 18.8. The summed E-state index contributed by atoms with van der Waals surface area (Å²) in [6.07, 6.45) is 4.33. The van der Waals surface area contributed by atoms with E-state index in [0.717, 1.165) is 30.4 Å². The highest BCUT2D eigenvalue weighted by Gasteiger charge is 2.06. The highest BCUT2D eigenvalue weighted by atomic mass is 16.5. The van der Waals surface area contributed by atoms with Crippen LogP contribution in [0.25, 0.3) is 0 Å². The molecule has 1 amide bonds. The molecule has 0 aliphatic heterocycles. The molecule has 4 heteroatoms. The van der Waals surface area contributed by atoms with Gasteiger partial charge >= 0.3 is 0 Å². The molecule has 25 heavy (non-hydrogen) atoms. The summed E-state index contributed by atoms with van der Waals surface area (Å²) < 4.78 is 5.65. The number of unbranched alkanes of at least 4 members (excludes halogenated alkanes) is 2. The summed E-state index contributed by atoms with van der Waals surface area (Å²) in [7, 11) is 0. The van der Waals surface area contributed by atoms with Crippen molar-refractivity contribution < 1.29 is 14.6 Å². The highest BCUT2D eigenvalue weighted by Crippen LogP contribution is 2.27. The number of nitrogens with one attached hydrogen (secondary N) is 1. The Morgan fingerprint density at radius 1 is 1.08 bits per heavy atom. The third kappa shape index (κ3) is 6.87. The molecule has 2 N–H and O–H groups in total. The van der Waals surface area contributed by atoms with Crippen LogP contribution >= 0.6 is 0 Å². The fraction of sp³-hybridized carbons (Fsp3) is 0.381. The van der Waals surface area contributed by atoms with Crippen molar-refractivity contribution in [2.24, 2.45) is 0 Å². The molecule has 0 heterocycles. The molecule has 0 bridgehead atoms. The van der Waals surface area contributed by atoms with E-state index < -0.39 is 0 Å². The average molecular weight is 341 g/mol. The SMILES string of the molecule is CCCCCOc1cc(CCNC(=O)Cc2ccccc2)ccc1O. The van der Waals surface area contributed by atoms with Crippen molar-refractivity contribution in [3.8, 4) is 11.5 Å². The zero-order valence-electron chi connectivity index (χ0n) is 14.8. The summed E-state index contributed by atoms with van der Waals surface area (Å²) in [5.41, 5.74) is 2.04. The van der Waals surface area contributed by atoms with Crippen LogP contribution in [0.1, 0.15) is 37.3 Å². The van der Waals surface area contributed by atoms with Crippen molar-refractivity contribution in [3.63, 3.8) is 0 Å². The van der Waals surface area contributed by atoms with Gasteiger partial charge in [-0.3, -0.25) is 4.79 Å². The first-order valence-corrected chi connectivity index (χ1v) is 8.94. The molecule has 2 aromatic rings. The molecule has 134 valence electrons. The summed E-state index contributed by atoms with van der Waals surface area (Å²) in [6, 6.07) is 15.1. The first-order chi connectivity index (χ1) is 12.2. The minimum atomic E-state index is 0.0148. The second kappa shape index (κ2) is 10.4. The molecule has 0 radical (unpaired) electrons. The van der Waals surface area contributed by atoms with Gasteiger partial charge in [0.15, 0.2) is 11.5 Å². The van der Waals surface area contributed by atoms with Crippen LogP contribution in [0.5, 0.6) is 11.5 Å². The van der Waals surface area contributed by atoms with Gasteiger partial charge in [-0.15, -0.1) is 0 Å². The van der Waals surface area contributed by atoms with Crippen molar-refractivity contribution in [2.75, 3.05) is 13.2 Å². The average Bonchev–Trinajstić information content (AvgIpc) is 2.62. The predicted molar refractivity (Wildman–Crippen MR) is 100.0 cm³/mol. The normalized spacial score (nSPS) is 10.4. The van der Waals surface area contributed by atoms with E-state index in [2.05, 4.69) is 12.2 Å². The van der Waals surface area contributed by atoms with Gasteiger partial charge < -0.3 is 15.2 Å². The summed E-state index contributed by atoms with van der Waals surface area (Å²) in [5.74, 6) is 0.693. The maximum absolute atomic E-state index is 12.0. The number of amides is 1. The smallest absolute Gasteiger partial charge is 0.224 e. The van der Waals surface area contributed by atoms with Crippen LogP contribution in [0.2, 0.25) is 0 Å². The number of hydrogen-bond donors (Lipinski definition) is 2. The number of rotatable bonds is 10. The number of phenolic OH excluding ortho intramolecular Hbond substituents is 1. The molecule has 0 aromatic heterocycles. The lowest BCUT2D eigenvalue weighted by atomic mass is 10.1. The number of aromatic hydroxyl groups is 1. The number of carbonyl (C=O) groups is 1. The van der Waals surface area contributed by atoms with Gasteiger partial charge in [-0.1, -0.05) is 56.2 Å². The number of benzene rings is 2. The van der Waals surface area contributed by atoms with Crippen LogP contribution in [0, 0.1) is 0 Å². The van der Waals surface area contributed by atoms with Crippen molar-refractivity contribution in [1.82, 2.24) is 5.32 Å². The largest absolute Gasteiger partial charge is 0.504 e. The van der Waals surface area contributed by atoms with Crippen LogP contribution in [-0.4, -0.2) is 24.2 Å². The minimum Gasteiger partial charge on any atom is -0.504 e. The minimum absolute atomic E-state index is 0.0148. The molecule has 0 aliphatic rings. The van der Waals surface area contributed by atoms with Gasteiger partial charge in [-0.25, -0.2) is 0 Å². The summed E-state index contributed by atoms with van der Waals surface area (Å²) in [4.78, 5) is 12.0. The topological polar surface area (TPSA) is 58.6 Å². The standard InChI is InChI=1S/C21H27NO3/c1-2-3-7-14-25-20-15-18(10-11-19(20)23)12-13-22-21(24)16-17-8-5-4-6-9-17/h4-6,8-11,15,23H,2-3,7,12-14,16H2,1H3,(H,22,24). The zero-order valence-corrected chi connectivity index (χ0v) is 14.8. The van der Waals surface area contributed by atoms with E-state index in [1.54, 1.807) is 6.07 Å². The van der Waals surface area contributed by atoms with Gasteiger partial charge in [-0.05, 0) is 36.1 Å². The van der Waals surface area contributed by atoms with Crippen molar-refractivity contribution in [1.29, 1.82) is 0 Å². The molecule has 0 saturated carbocycles. The Morgan fingerprint density at radius 2 is 1.88 bits per heavy atom. The van der Waals surface area contributed by atoms with Crippen LogP contribution in [-0.2, 0) is 17.6 Å². The van der Waals surface area contributed by atoms with E-state index in [1.165, 1.54) is 0 Å². The van der Waals surface area contributed by atoms with E-state index in [1.807, 2.05) is 42.5 Å². The maximum Gasteiger partial charge on any atom is 0.224 e. The molecule has 2 aromatic carbocycles. The second-order valence-corrected chi connectivity index (χ2v) is 6.12. The van der Waals surface area contributed by atoms with E-state index in [4.69, 9.17) is 4.74 Å². The Kier molecular flexibility index (Phi) is 7.83. The van der Waals surface area contributed by atoms with E-state index in [9.17, 15) is 9.90 Å². The molecule has 0 atom stereocenters. The molecule has 0 unspecified atom stereocenters. The first-order valence-electron chi connectivity index (χ1n) is 8.94. The third-order valence-electron chi connectivity index (χ3n) is 3.97. The third-order valence-corrected chi connectivity index (χ3v) is 3.97. The fourth-order valence-electron chi connectivity index (χ4n) is 2.55. The van der Waals surface area contributed by atoms with Crippen molar-refractivity contribution in [2.45, 2.75) is 39.0 Å². The lowest BCUT2D eigenvalue weighted by Gasteiger charge is -2.10. The molecule has 0 aliphatic carbocycles. The van der Waals surface area contributed by atoms with Gasteiger partial charge in [0.25, 0.3) is 0 Å². The van der Waals surface area contributed by atoms with E-state index >= 15 is 0 Å². The van der Waals surface area contributed by atoms with Gasteiger partial charge in [0.1, 0.15) is 0 Å². The van der Waals surface area contributed by atoms with Gasteiger partial charge in [0.2, 0.25) is 5.91 Å². The Labute approximate surface area is 149 Å². The molecule has 2 rings (SSSR count). The Balaban J connectivity index is 1.77. The molecule has 0 spiro atoms. The van der Waals surface area contributed by atoms with Gasteiger partial charge in [0.05, 0.1) is 13.0 Å². The lowest BCUT2D eigenvalue weighted by Crippen LogP contribution is -2.27. The number of carbonyl (C=O) groups excluding carboxylic acids is 1. The fourth-order valence-corrected chi connectivity index (χ4v) is 2.55. The Bertz CT molecular complexity index is 655. The summed E-state index contributed by atoms with van der Waals surface area (Å²) in [6.45, 7) is 3.31. The monoisotopic (exact) mass is 341 g/mol. The maximum atomic E-state index is 12.0. The highest BCUT2D eigenvalue weighted by molar-refractivity contribution is 5.78. The van der Waals surface area contributed by atoms with Crippen molar-refractivity contribution >= 4 is 5.91 Å². The zero-order chi connectivity index (χ0) is 17.9. The molecule has 4 nitrogen and oxygen atoms in total. The molecule has 0 fully saturated rings. The van der Waals surface area contributed by atoms with Crippen LogP contribution < -0.4 is 10.1 Å². The molecule has 0 saturated heterocycles. The molecular weight excluding hydrogens is 314 g/mol. The van der Waals surface area contributed by atoms with E-state index in [0.29, 0.717) is 31.7 Å². The summed E-state index contributed by atoms with van der Waals surface area (Å²) in [5, 5.41) is 12.8. The van der Waals surface area contributed by atoms with Crippen LogP contribution in [0.4, 0.5) is 0 Å². The number of ether oxygens (including phenoxy) is 1. The van der Waals surface area contributed by atoms with Gasteiger partial charge in [0, 0.05) is 6.54 Å². The summed E-state index contributed by atoms with van der Waals surface area (Å²) >= 11 is 0. The lowest BCUT2D eigenvalue weighted by molar-refractivity contribution is -0.120. The van der Waals surface area contributed by atoms with Gasteiger partial charge in [-0.2, -0.15) is 0 Å². The number of phenols is 1. The van der Waals surface area contributed by atoms with Crippen LogP contribution in [0.3, 0.4) is 0 Å². The second-order valence-electron chi connectivity index (χ2n) is 6.12. The number of hydrogen-bond acceptors (Lipinski definition) is 3. The quantitative estimate of drug-likeness (QED) is 0.645. The van der Waals surface area contributed by atoms with Crippen LogP contribution in [0.15, 0.2) is 48.5 Å². The predicted octanol–water partition coefficient (Wildman–Crippen LogP) is 3.86. The Hall–Kier alpha value is -2.49. The van der Waals surface area contributed by atoms with E-state index in [-0.39, 0.29) is 11.7 Å². The molecular formula is C21H27NO3. The Morgan fingerprint density at radius 3 is 2.64 bits per heavy atom. The van der Waals surface area contributed by atoms with Crippen molar-refractivity contribution in [3.05, 3.63) is 59.7 Å².